The van der Waals surface area contributed by atoms with Crippen molar-refractivity contribution >= 4 is 23.9 Å². The van der Waals surface area contributed by atoms with Gasteiger partial charge in [-0.1, -0.05) is 13.8 Å². The summed E-state index contributed by atoms with van der Waals surface area (Å²) >= 11 is 0. The zero-order valence-corrected chi connectivity index (χ0v) is 14.2. The lowest BCUT2D eigenvalue weighted by molar-refractivity contribution is -0.155. The number of hydrogen-bond acceptors (Lipinski definition) is 6. The Hall–Kier alpha value is -1.72. The molecule has 0 N–H and O–H groups in total. The molecule has 0 radical (unpaired) electrons. The molecule has 0 spiro atoms. The number of carbonyl (C=O) groups excluding carboxylic acids is 4. The molecule has 0 aromatic heterocycles. The zero-order valence-electron chi connectivity index (χ0n) is 14.2. The number of fused-ring (bicyclic) bond motifs is 2. The molecule has 24 heavy (non-hydrogen) atoms. The predicted octanol–water partition coefficient (Wildman–Crippen LogP) is 2.24. The number of esters is 4. The van der Waals surface area contributed by atoms with Gasteiger partial charge in [-0.3, -0.25) is 19.2 Å². The van der Waals surface area contributed by atoms with Crippen LogP contribution in [-0.2, 0) is 28.7 Å². The first-order valence-corrected chi connectivity index (χ1v) is 9.05. The van der Waals surface area contributed by atoms with E-state index in [1.165, 1.54) is 0 Å². The van der Waals surface area contributed by atoms with Gasteiger partial charge in [-0.05, 0) is 50.4 Å². The summed E-state index contributed by atoms with van der Waals surface area (Å²) in [6.07, 6.45) is 4.48. The van der Waals surface area contributed by atoms with Gasteiger partial charge in [0, 0.05) is 0 Å². The van der Waals surface area contributed by atoms with Crippen LogP contribution < -0.4 is 0 Å². The Morgan fingerprint density at radius 1 is 0.583 bits per heavy atom. The molecular weight excluding hydrogens is 312 g/mol. The summed E-state index contributed by atoms with van der Waals surface area (Å²) < 4.78 is 9.50. The van der Waals surface area contributed by atoms with Gasteiger partial charge >= 0.3 is 23.9 Å². The minimum absolute atomic E-state index is 0.266. The molecule has 4 rings (SSSR count). The highest BCUT2D eigenvalue weighted by atomic mass is 16.6. The van der Waals surface area contributed by atoms with Crippen LogP contribution in [0.25, 0.3) is 0 Å². The van der Waals surface area contributed by atoms with E-state index in [1.807, 2.05) is 13.8 Å². The summed E-state index contributed by atoms with van der Waals surface area (Å²) in [7, 11) is 0. The molecule has 6 atom stereocenters. The van der Waals surface area contributed by atoms with Crippen LogP contribution >= 0.6 is 0 Å². The van der Waals surface area contributed by atoms with Gasteiger partial charge in [0.25, 0.3) is 0 Å². The average Bonchev–Trinajstić information content (AvgIpc) is 3.05. The number of ether oxygens (including phenoxy) is 2. The maximum absolute atomic E-state index is 11.8. The number of carbonyl (C=O) groups is 4. The van der Waals surface area contributed by atoms with Crippen molar-refractivity contribution in [3.05, 3.63) is 0 Å². The van der Waals surface area contributed by atoms with E-state index in [2.05, 4.69) is 0 Å². The van der Waals surface area contributed by atoms with Crippen LogP contribution in [0.4, 0.5) is 0 Å². The summed E-state index contributed by atoms with van der Waals surface area (Å²) in [4.78, 5) is 46.7. The zero-order chi connectivity index (χ0) is 17.4. The van der Waals surface area contributed by atoms with Crippen molar-refractivity contribution in [2.45, 2.75) is 52.4 Å². The van der Waals surface area contributed by atoms with Crippen molar-refractivity contribution in [2.24, 2.45) is 35.5 Å². The van der Waals surface area contributed by atoms with Crippen LogP contribution in [0.5, 0.6) is 0 Å². The van der Waals surface area contributed by atoms with E-state index in [-0.39, 0.29) is 47.5 Å². The van der Waals surface area contributed by atoms with Crippen LogP contribution in [0.2, 0.25) is 0 Å². The summed E-state index contributed by atoms with van der Waals surface area (Å²) in [5, 5.41) is 0. The van der Waals surface area contributed by atoms with E-state index in [4.69, 9.17) is 9.47 Å². The summed E-state index contributed by atoms with van der Waals surface area (Å²) in [6.45, 7) is 4.00. The monoisotopic (exact) mass is 336 g/mol. The third-order valence-electron chi connectivity index (χ3n) is 6.06. The van der Waals surface area contributed by atoms with Crippen molar-refractivity contribution in [1.82, 2.24) is 0 Å². The molecule has 6 nitrogen and oxygen atoms in total. The molecule has 2 saturated heterocycles. The SMILES string of the molecule is CC.O=C1OC(=O)C2CC(C3CCC4C(=O)OC(=O)C4C3)CCC12. The van der Waals surface area contributed by atoms with E-state index >= 15 is 0 Å². The molecule has 6 heteroatoms. The summed E-state index contributed by atoms with van der Waals surface area (Å²) in [6, 6.07) is 0. The Bertz CT molecular complexity index is 518. The topological polar surface area (TPSA) is 86.7 Å². The molecule has 0 aromatic carbocycles. The van der Waals surface area contributed by atoms with Crippen molar-refractivity contribution in [3.63, 3.8) is 0 Å². The summed E-state index contributed by atoms with van der Waals surface area (Å²) in [5.41, 5.74) is 0. The average molecular weight is 336 g/mol. The lowest BCUT2D eigenvalue weighted by Gasteiger charge is -2.37. The second-order valence-electron chi connectivity index (χ2n) is 7.05. The van der Waals surface area contributed by atoms with Crippen molar-refractivity contribution in [2.75, 3.05) is 0 Å². The Balaban J connectivity index is 0.000000815. The highest BCUT2D eigenvalue weighted by Crippen LogP contribution is 2.48. The van der Waals surface area contributed by atoms with Crippen LogP contribution in [0.1, 0.15) is 52.4 Å². The van der Waals surface area contributed by atoms with E-state index in [9.17, 15) is 19.2 Å². The molecule has 2 aliphatic heterocycles. The Labute approximate surface area is 141 Å². The smallest absolute Gasteiger partial charge is 0.317 e. The van der Waals surface area contributed by atoms with Crippen LogP contribution in [-0.4, -0.2) is 23.9 Å². The maximum atomic E-state index is 11.8. The van der Waals surface area contributed by atoms with Gasteiger partial charge in [-0.2, -0.15) is 0 Å². The highest BCUT2D eigenvalue weighted by molar-refractivity contribution is 5.97. The molecule has 132 valence electrons. The Morgan fingerprint density at radius 3 is 1.29 bits per heavy atom. The minimum atomic E-state index is -0.385. The first-order valence-electron chi connectivity index (χ1n) is 9.05. The highest BCUT2D eigenvalue weighted by Gasteiger charge is 2.52. The quantitative estimate of drug-likeness (QED) is 0.539. The van der Waals surface area contributed by atoms with Gasteiger partial charge in [0.2, 0.25) is 0 Å². The van der Waals surface area contributed by atoms with Crippen molar-refractivity contribution in [1.29, 1.82) is 0 Å². The van der Waals surface area contributed by atoms with Gasteiger partial charge in [-0.15, -0.1) is 0 Å². The fraction of sp³-hybridized carbons (Fsp3) is 0.778. The fourth-order valence-corrected chi connectivity index (χ4v) is 4.85. The largest absolute Gasteiger partial charge is 0.393 e. The third-order valence-corrected chi connectivity index (χ3v) is 6.06. The minimum Gasteiger partial charge on any atom is -0.393 e. The number of hydrogen-bond donors (Lipinski definition) is 0. The summed E-state index contributed by atoms with van der Waals surface area (Å²) in [5.74, 6) is -2.01. The molecule has 4 aliphatic rings. The van der Waals surface area contributed by atoms with Gasteiger partial charge in [0.1, 0.15) is 0 Å². The molecule has 4 fully saturated rings. The number of rotatable bonds is 1. The first kappa shape index (κ1) is 17.1. The van der Waals surface area contributed by atoms with Gasteiger partial charge in [-0.25, -0.2) is 0 Å². The standard InChI is InChI=1S/C16H18O6.C2H6/c17-13-9-3-1-7(5-11(9)15(19)21-13)8-2-4-10-12(6-8)16(20)22-14(10)18;1-2/h7-12H,1-6H2;1-2H3. The molecular formula is C18H24O6. The van der Waals surface area contributed by atoms with E-state index in [0.29, 0.717) is 37.5 Å². The predicted molar refractivity (Wildman–Crippen MR) is 82.2 cm³/mol. The molecule has 0 amide bonds. The number of cyclic esters (lactones) is 4. The normalized spacial score (nSPS) is 40.9. The Kier molecular flexibility index (Phi) is 4.74. The van der Waals surface area contributed by atoms with Crippen LogP contribution in [0, 0.1) is 35.5 Å². The first-order chi connectivity index (χ1) is 11.5. The van der Waals surface area contributed by atoms with Crippen molar-refractivity contribution < 1.29 is 28.7 Å². The molecule has 2 aliphatic carbocycles. The molecule has 2 saturated carbocycles. The fourth-order valence-electron chi connectivity index (χ4n) is 4.85. The van der Waals surface area contributed by atoms with E-state index in [0.717, 1.165) is 12.8 Å². The van der Waals surface area contributed by atoms with Gasteiger partial charge < -0.3 is 9.47 Å². The molecule has 6 unspecified atom stereocenters. The van der Waals surface area contributed by atoms with Gasteiger partial charge in [0.05, 0.1) is 23.7 Å². The van der Waals surface area contributed by atoms with Crippen LogP contribution in [0.15, 0.2) is 0 Å². The molecule has 0 bridgehead atoms. The molecule has 2 heterocycles. The van der Waals surface area contributed by atoms with Crippen molar-refractivity contribution in [3.8, 4) is 0 Å². The molecule has 0 aromatic rings. The maximum Gasteiger partial charge on any atom is 0.317 e. The van der Waals surface area contributed by atoms with E-state index in [1.54, 1.807) is 0 Å². The van der Waals surface area contributed by atoms with Gasteiger partial charge in [0.15, 0.2) is 0 Å². The Morgan fingerprint density at radius 2 is 0.917 bits per heavy atom. The van der Waals surface area contributed by atoms with Crippen LogP contribution in [0.3, 0.4) is 0 Å². The lowest BCUT2D eigenvalue weighted by atomic mass is 9.64. The lowest BCUT2D eigenvalue weighted by Crippen LogP contribution is -2.35. The third kappa shape index (κ3) is 2.76. The van der Waals surface area contributed by atoms with E-state index < -0.39 is 0 Å². The second kappa shape index (κ2) is 6.65. The second-order valence-corrected chi connectivity index (χ2v) is 7.05.